The second-order valence-corrected chi connectivity index (χ2v) is 10.3. The lowest BCUT2D eigenvalue weighted by Gasteiger charge is -2.26. The van der Waals surface area contributed by atoms with E-state index in [4.69, 9.17) is 0 Å². The Labute approximate surface area is 161 Å². The zero-order chi connectivity index (χ0) is 20.2. The molecule has 9 heteroatoms. The van der Waals surface area contributed by atoms with Gasteiger partial charge in [0, 0.05) is 19.3 Å². The van der Waals surface area contributed by atoms with Crippen molar-refractivity contribution in [2.24, 2.45) is 0 Å². The van der Waals surface area contributed by atoms with Gasteiger partial charge in [0.2, 0.25) is 10.0 Å². The van der Waals surface area contributed by atoms with Gasteiger partial charge in [-0.2, -0.15) is 0 Å². The average molecular weight is 412 g/mol. The highest BCUT2D eigenvalue weighted by Gasteiger charge is 2.28. The van der Waals surface area contributed by atoms with E-state index >= 15 is 0 Å². The first-order valence-electron chi connectivity index (χ1n) is 8.29. The second-order valence-electron chi connectivity index (χ2n) is 6.52. The molecule has 0 saturated heterocycles. The molecular weight excluding hydrogens is 386 g/mol. The lowest BCUT2D eigenvalue weighted by molar-refractivity contribution is 0.425. The molecule has 0 heterocycles. The summed E-state index contributed by atoms with van der Waals surface area (Å²) < 4.78 is 51.2. The van der Waals surface area contributed by atoms with Crippen LogP contribution in [-0.4, -0.2) is 61.4 Å². The van der Waals surface area contributed by atoms with Gasteiger partial charge in [-0.3, -0.25) is 0 Å². The van der Waals surface area contributed by atoms with Gasteiger partial charge >= 0.3 is 0 Å². The van der Waals surface area contributed by atoms with Crippen molar-refractivity contribution in [3.63, 3.8) is 0 Å². The van der Waals surface area contributed by atoms with Gasteiger partial charge in [-0.1, -0.05) is 24.3 Å². The summed E-state index contributed by atoms with van der Waals surface area (Å²) in [4.78, 5) is 1.92. The predicted molar refractivity (Wildman–Crippen MR) is 110 cm³/mol. The maximum Gasteiger partial charge on any atom is 0.236 e. The molecule has 0 amide bonds. The predicted octanol–water partition coefficient (Wildman–Crippen LogP) is 2.16. The van der Waals surface area contributed by atoms with Crippen molar-refractivity contribution < 1.29 is 16.8 Å². The van der Waals surface area contributed by atoms with E-state index in [0.717, 1.165) is 16.8 Å². The number of para-hydroxylation sites is 1. The molecule has 0 aliphatic rings. The molecule has 2 rings (SSSR count). The fourth-order valence-electron chi connectivity index (χ4n) is 2.70. The van der Waals surface area contributed by atoms with Crippen molar-refractivity contribution >= 4 is 36.9 Å². The SMILES string of the molecule is CN(C)CCNc1cccc(N(c2ccccc2)S(C)(=O)=O)c1S(C)(=O)=O. The van der Waals surface area contributed by atoms with Crippen molar-refractivity contribution in [2.75, 3.05) is 49.3 Å². The van der Waals surface area contributed by atoms with E-state index < -0.39 is 19.9 Å². The zero-order valence-corrected chi connectivity index (χ0v) is 17.5. The van der Waals surface area contributed by atoms with Crippen LogP contribution in [-0.2, 0) is 19.9 Å². The van der Waals surface area contributed by atoms with E-state index in [-0.39, 0.29) is 10.6 Å². The summed E-state index contributed by atoms with van der Waals surface area (Å²) in [5, 5.41) is 3.11. The lowest BCUT2D eigenvalue weighted by atomic mass is 10.2. The van der Waals surface area contributed by atoms with Crippen molar-refractivity contribution in [1.29, 1.82) is 0 Å². The topological polar surface area (TPSA) is 86.8 Å². The van der Waals surface area contributed by atoms with E-state index in [1.54, 1.807) is 42.5 Å². The van der Waals surface area contributed by atoms with Gasteiger partial charge in [-0.25, -0.2) is 21.1 Å². The first-order chi connectivity index (χ1) is 12.5. The third kappa shape index (κ3) is 5.44. The normalized spacial score (nSPS) is 12.2. The number of rotatable bonds is 8. The molecule has 0 atom stereocenters. The number of benzene rings is 2. The third-order valence-corrected chi connectivity index (χ3v) is 6.02. The first kappa shape index (κ1) is 21.2. The van der Waals surface area contributed by atoms with Crippen LogP contribution in [0.3, 0.4) is 0 Å². The standard InChI is InChI=1S/C18H25N3O4S2/c1-20(2)14-13-19-16-11-8-12-17(18(16)26(3,22)23)21(27(4,24)25)15-9-6-5-7-10-15/h5-12,19H,13-14H2,1-4H3. The van der Waals surface area contributed by atoms with Gasteiger partial charge in [0.25, 0.3) is 0 Å². The minimum Gasteiger partial charge on any atom is -0.383 e. The van der Waals surface area contributed by atoms with Crippen LogP contribution in [0.1, 0.15) is 0 Å². The number of sulfonamides is 1. The Kier molecular flexibility index (Phi) is 6.50. The summed E-state index contributed by atoms with van der Waals surface area (Å²) in [5.74, 6) is 0. The van der Waals surface area contributed by atoms with Crippen LogP contribution in [0.15, 0.2) is 53.4 Å². The van der Waals surface area contributed by atoms with Gasteiger partial charge < -0.3 is 10.2 Å². The monoisotopic (exact) mass is 411 g/mol. The maximum absolute atomic E-state index is 12.6. The van der Waals surface area contributed by atoms with Crippen molar-refractivity contribution in [3.8, 4) is 0 Å². The van der Waals surface area contributed by atoms with Gasteiger partial charge in [0.05, 0.1) is 23.3 Å². The van der Waals surface area contributed by atoms with E-state index in [1.165, 1.54) is 6.07 Å². The van der Waals surface area contributed by atoms with Crippen molar-refractivity contribution in [1.82, 2.24) is 4.90 Å². The highest BCUT2D eigenvalue weighted by Crippen LogP contribution is 2.37. The van der Waals surface area contributed by atoms with Crippen molar-refractivity contribution in [3.05, 3.63) is 48.5 Å². The molecule has 2 aromatic rings. The number of hydrogen-bond acceptors (Lipinski definition) is 6. The summed E-state index contributed by atoms with van der Waals surface area (Å²) in [6.45, 7) is 1.21. The van der Waals surface area contributed by atoms with Crippen LogP contribution in [0.5, 0.6) is 0 Å². The lowest BCUT2D eigenvalue weighted by Crippen LogP contribution is -2.27. The summed E-state index contributed by atoms with van der Waals surface area (Å²) in [5.41, 5.74) is 0.845. The number of anilines is 3. The first-order valence-corrected chi connectivity index (χ1v) is 12.0. The molecule has 0 aliphatic heterocycles. The van der Waals surface area contributed by atoms with Gasteiger partial charge in [0.1, 0.15) is 4.90 Å². The highest BCUT2D eigenvalue weighted by atomic mass is 32.2. The molecule has 0 unspecified atom stereocenters. The summed E-state index contributed by atoms with van der Waals surface area (Å²) in [6.07, 6.45) is 2.13. The summed E-state index contributed by atoms with van der Waals surface area (Å²) in [7, 11) is -3.66. The summed E-state index contributed by atoms with van der Waals surface area (Å²) >= 11 is 0. The van der Waals surface area contributed by atoms with E-state index in [2.05, 4.69) is 5.32 Å². The number of likely N-dealkylation sites (N-methyl/N-ethyl adjacent to an activating group) is 1. The van der Waals surface area contributed by atoms with Crippen LogP contribution in [0.4, 0.5) is 17.1 Å². The largest absolute Gasteiger partial charge is 0.383 e. The number of nitrogens with one attached hydrogen (secondary N) is 1. The molecule has 27 heavy (non-hydrogen) atoms. The van der Waals surface area contributed by atoms with Gasteiger partial charge in [-0.15, -0.1) is 0 Å². The Morgan fingerprint density at radius 1 is 0.889 bits per heavy atom. The Hall–Kier alpha value is -2.10. The molecule has 0 radical (unpaired) electrons. The fraction of sp³-hybridized carbons (Fsp3) is 0.333. The molecular formula is C18H25N3O4S2. The Morgan fingerprint density at radius 2 is 1.52 bits per heavy atom. The van der Waals surface area contributed by atoms with Crippen LogP contribution in [0.2, 0.25) is 0 Å². The van der Waals surface area contributed by atoms with Crippen LogP contribution < -0.4 is 9.62 Å². The Balaban J connectivity index is 2.67. The molecule has 0 bridgehead atoms. The molecule has 0 saturated carbocycles. The minimum absolute atomic E-state index is 0.0435. The molecule has 0 aromatic heterocycles. The van der Waals surface area contributed by atoms with Crippen LogP contribution in [0.25, 0.3) is 0 Å². The van der Waals surface area contributed by atoms with E-state index in [9.17, 15) is 16.8 Å². The smallest absolute Gasteiger partial charge is 0.236 e. The van der Waals surface area contributed by atoms with E-state index in [0.29, 0.717) is 24.5 Å². The molecule has 2 aromatic carbocycles. The maximum atomic E-state index is 12.6. The molecule has 1 N–H and O–H groups in total. The Bertz CT molecular complexity index is 989. The van der Waals surface area contributed by atoms with Crippen LogP contribution in [0, 0.1) is 0 Å². The van der Waals surface area contributed by atoms with Gasteiger partial charge in [-0.05, 0) is 38.4 Å². The third-order valence-electron chi connectivity index (χ3n) is 3.78. The molecule has 0 fully saturated rings. The second kappa shape index (κ2) is 8.28. The Morgan fingerprint density at radius 3 is 2.04 bits per heavy atom. The molecule has 0 aliphatic carbocycles. The number of hydrogen-bond donors (Lipinski definition) is 1. The van der Waals surface area contributed by atoms with Crippen molar-refractivity contribution in [2.45, 2.75) is 4.90 Å². The number of sulfone groups is 1. The zero-order valence-electron chi connectivity index (χ0n) is 15.9. The molecule has 0 spiro atoms. The minimum atomic E-state index is -3.77. The molecule has 7 nitrogen and oxygen atoms in total. The molecule has 148 valence electrons. The van der Waals surface area contributed by atoms with Gasteiger partial charge in [0.15, 0.2) is 9.84 Å². The number of nitrogens with zero attached hydrogens (tertiary/aromatic N) is 2. The quantitative estimate of drug-likeness (QED) is 0.716. The van der Waals surface area contributed by atoms with E-state index in [1.807, 2.05) is 19.0 Å². The van der Waals surface area contributed by atoms with Crippen LogP contribution >= 0.6 is 0 Å². The summed E-state index contributed by atoms with van der Waals surface area (Å²) in [6, 6.07) is 13.2. The average Bonchev–Trinajstić information content (AvgIpc) is 2.53. The fourth-order valence-corrected chi connectivity index (χ4v) is 4.85. The highest BCUT2D eigenvalue weighted by molar-refractivity contribution is 7.93.